The van der Waals surface area contributed by atoms with Crippen LogP contribution in [0, 0.1) is 0 Å². The normalized spacial score (nSPS) is 26.3. The SMILES string of the molecule is C=CCCCCCCCCO[C@@H]1O[C@H](CO)[C@H](O)[C@H](O)[C@H]1OC(=O)c1ccccc1. The number of esters is 1. The van der Waals surface area contributed by atoms with Crippen LogP contribution in [0.25, 0.3) is 0 Å². The highest BCUT2D eigenvalue weighted by Gasteiger charge is 2.47. The van der Waals surface area contributed by atoms with E-state index in [-0.39, 0.29) is 0 Å². The molecule has 0 amide bonds. The van der Waals surface area contributed by atoms with Gasteiger partial charge in [0.1, 0.15) is 18.3 Å². The fraction of sp³-hybridized carbons (Fsp3) is 0.609. The number of carbonyl (C=O) groups excluding carboxylic acids is 1. The first-order valence-corrected chi connectivity index (χ1v) is 10.7. The van der Waals surface area contributed by atoms with E-state index in [0.29, 0.717) is 12.2 Å². The second-order valence-electron chi connectivity index (χ2n) is 7.51. The highest BCUT2D eigenvalue weighted by atomic mass is 16.7. The molecule has 0 aromatic heterocycles. The Hall–Kier alpha value is -1.77. The van der Waals surface area contributed by atoms with Crippen molar-refractivity contribution in [3.63, 3.8) is 0 Å². The van der Waals surface area contributed by atoms with Gasteiger partial charge in [0.25, 0.3) is 0 Å². The standard InChI is InChI=1S/C23H34O7/c1-2-3-4-5-6-7-8-12-15-28-23-21(20(26)19(25)18(16-24)29-23)30-22(27)17-13-10-9-11-14-17/h2,9-11,13-14,18-21,23-26H,1,3-8,12,15-16H2/t18-,19+,20+,21-,23-/m1/s1. The topological polar surface area (TPSA) is 105 Å². The summed E-state index contributed by atoms with van der Waals surface area (Å²) in [5.74, 6) is -0.647. The zero-order chi connectivity index (χ0) is 21.8. The summed E-state index contributed by atoms with van der Waals surface area (Å²) in [5, 5.41) is 30.0. The predicted octanol–water partition coefficient (Wildman–Crippen LogP) is 2.58. The third kappa shape index (κ3) is 7.49. The maximum absolute atomic E-state index is 12.4. The zero-order valence-electron chi connectivity index (χ0n) is 17.4. The van der Waals surface area contributed by atoms with Crippen LogP contribution in [0.1, 0.15) is 55.3 Å². The van der Waals surface area contributed by atoms with E-state index in [9.17, 15) is 20.1 Å². The molecule has 7 heteroatoms. The highest BCUT2D eigenvalue weighted by Crippen LogP contribution is 2.25. The van der Waals surface area contributed by atoms with Gasteiger partial charge in [0.15, 0.2) is 12.4 Å². The van der Waals surface area contributed by atoms with E-state index in [4.69, 9.17) is 14.2 Å². The van der Waals surface area contributed by atoms with Crippen LogP contribution in [0.3, 0.4) is 0 Å². The molecule has 168 valence electrons. The minimum atomic E-state index is -1.43. The molecule has 0 aliphatic carbocycles. The van der Waals surface area contributed by atoms with Crippen LogP contribution in [0.5, 0.6) is 0 Å². The van der Waals surface area contributed by atoms with E-state index < -0.39 is 43.3 Å². The second-order valence-corrected chi connectivity index (χ2v) is 7.51. The van der Waals surface area contributed by atoms with Gasteiger partial charge in [-0.1, -0.05) is 50.0 Å². The molecule has 1 aliphatic rings. The number of unbranched alkanes of at least 4 members (excludes halogenated alkanes) is 6. The van der Waals surface area contributed by atoms with Crippen molar-refractivity contribution in [3.8, 4) is 0 Å². The molecule has 1 aromatic carbocycles. The second kappa shape index (κ2) is 13.5. The zero-order valence-corrected chi connectivity index (χ0v) is 17.4. The van der Waals surface area contributed by atoms with Crippen LogP contribution in [0.4, 0.5) is 0 Å². The largest absolute Gasteiger partial charge is 0.450 e. The van der Waals surface area contributed by atoms with Gasteiger partial charge in [-0.2, -0.15) is 0 Å². The summed E-state index contributed by atoms with van der Waals surface area (Å²) in [4.78, 5) is 12.4. The number of aliphatic hydroxyl groups is 3. The number of hydrogen-bond donors (Lipinski definition) is 3. The van der Waals surface area contributed by atoms with Crippen molar-refractivity contribution < 1.29 is 34.3 Å². The van der Waals surface area contributed by atoms with Gasteiger partial charge in [0, 0.05) is 6.61 Å². The van der Waals surface area contributed by atoms with Gasteiger partial charge in [0.05, 0.1) is 12.2 Å². The van der Waals surface area contributed by atoms with Gasteiger partial charge < -0.3 is 29.5 Å². The summed E-state index contributed by atoms with van der Waals surface area (Å²) in [6, 6.07) is 8.36. The summed E-state index contributed by atoms with van der Waals surface area (Å²) in [6.45, 7) is 3.59. The van der Waals surface area contributed by atoms with Gasteiger partial charge >= 0.3 is 5.97 Å². The van der Waals surface area contributed by atoms with E-state index >= 15 is 0 Å². The third-order valence-electron chi connectivity index (χ3n) is 5.16. The lowest BCUT2D eigenvalue weighted by molar-refractivity contribution is -0.300. The Morgan fingerprint density at radius 1 is 1.03 bits per heavy atom. The maximum atomic E-state index is 12.4. The van der Waals surface area contributed by atoms with Crippen molar-refractivity contribution in [2.24, 2.45) is 0 Å². The maximum Gasteiger partial charge on any atom is 0.338 e. The molecule has 0 unspecified atom stereocenters. The Morgan fingerprint density at radius 2 is 1.70 bits per heavy atom. The molecular weight excluding hydrogens is 388 g/mol. The van der Waals surface area contributed by atoms with Crippen molar-refractivity contribution >= 4 is 5.97 Å². The van der Waals surface area contributed by atoms with Crippen molar-refractivity contribution in [2.45, 2.75) is 75.7 Å². The number of carbonyl (C=O) groups is 1. The average molecular weight is 423 g/mol. The monoisotopic (exact) mass is 422 g/mol. The smallest absolute Gasteiger partial charge is 0.338 e. The fourth-order valence-corrected chi connectivity index (χ4v) is 3.38. The summed E-state index contributed by atoms with van der Waals surface area (Å²) in [6.07, 6.45) is 3.25. The first-order chi connectivity index (χ1) is 14.6. The van der Waals surface area contributed by atoms with E-state index in [1.165, 1.54) is 6.42 Å². The van der Waals surface area contributed by atoms with E-state index in [1.54, 1.807) is 30.3 Å². The number of benzene rings is 1. The quantitative estimate of drug-likeness (QED) is 0.255. The first-order valence-electron chi connectivity index (χ1n) is 10.7. The molecule has 0 saturated carbocycles. The lowest BCUT2D eigenvalue weighted by Crippen LogP contribution is -2.60. The molecule has 1 fully saturated rings. The third-order valence-corrected chi connectivity index (χ3v) is 5.16. The number of aliphatic hydroxyl groups excluding tert-OH is 3. The van der Waals surface area contributed by atoms with Gasteiger partial charge in [0.2, 0.25) is 0 Å². The van der Waals surface area contributed by atoms with Crippen molar-refractivity contribution in [1.82, 2.24) is 0 Å². The Kier molecular flexibility index (Phi) is 11.0. The van der Waals surface area contributed by atoms with Gasteiger partial charge in [-0.05, 0) is 31.4 Å². The van der Waals surface area contributed by atoms with Crippen molar-refractivity contribution in [1.29, 1.82) is 0 Å². The summed E-state index contributed by atoms with van der Waals surface area (Å²) in [7, 11) is 0. The van der Waals surface area contributed by atoms with Crippen LogP contribution in [0.2, 0.25) is 0 Å². The Labute approximate surface area is 178 Å². The van der Waals surface area contributed by atoms with E-state index in [1.807, 2.05) is 6.08 Å². The molecule has 1 saturated heterocycles. The fourth-order valence-electron chi connectivity index (χ4n) is 3.38. The minimum Gasteiger partial charge on any atom is -0.450 e. The highest BCUT2D eigenvalue weighted by molar-refractivity contribution is 5.89. The number of hydrogen-bond acceptors (Lipinski definition) is 7. The molecule has 2 rings (SSSR count). The summed E-state index contributed by atoms with van der Waals surface area (Å²) < 4.78 is 16.7. The molecule has 0 radical (unpaired) electrons. The van der Waals surface area contributed by atoms with Crippen LogP contribution < -0.4 is 0 Å². The molecule has 7 nitrogen and oxygen atoms in total. The predicted molar refractivity (Wildman–Crippen MR) is 112 cm³/mol. The Morgan fingerprint density at radius 3 is 2.37 bits per heavy atom. The molecule has 0 bridgehead atoms. The van der Waals surface area contributed by atoms with Crippen molar-refractivity contribution in [3.05, 3.63) is 48.6 Å². The minimum absolute atomic E-state index is 0.318. The van der Waals surface area contributed by atoms with Gasteiger partial charge in [-0.3, -0.25) is 0 Å². The van der Waals surface area contributed by atoms with Gasteiger partial charge in [-0.25, -0.2) is 4.79 Å². The molecule has 1 aliphatic heterocycles. The van der Waals surface area contributed by atoms with Crippen LogP contribution in [0.15, 0.2) is 43.0 Å². The van der Waals surface area contributed by atoms with Crippen LogP contribution in [-0.2, 0) is 14.2 Å². The molecule has 3 N–H and O–H groups in total. The van der Waals surface area contributed by atoms with Crippen LogP contribution >= 0.6 is 0 Å². The van der Waals surface area contributed by atoms with E-state index in [2.05, 4.69) is 6.58 Å². The Balaban J connectivity index is 1.85. The molecule has 5 atom stereocenters. The molecule has 30 heavy (non-hydrogen) atoms. The first kappa shape index (κ1) is 24.5. The summed E-state index contributed by atoms with van der Waals surface area (Å²) in [5.41, 5.74) is 0.318. The number of ether oxygens (including phenoxy) is 3. The van der Waals surface area contributed by atoms with Crippen LogP contribution in [-0.4, -0.2) is 65.2 Å². The molecule has 0 spiro atoms. The lowest BCUT2D eigenvalue weighted by atomic mass is 9.99. The lowest BCUT2D eigenvalue weighted by Gasteiger charge is -2.41. The van der Waals surface area contributed by atoms with E-state index in [0.717, 1.165) is 38.5 Å². The van der Waals surface area contributed by atoms with Crippen molar-refractivity contribution in [2.75, 3.05) is 13.2 Å². The Bertz CT molecular complexity index is 621. The average Bonchev–Trinajstić information content (AvgIpc) is 2.77. The number of rotatable bonds is 13. The summed E-state index contributed by atoms with van der Waals surface area (Å²) >= 11 is 0. The molecular formula is C23H34O7. The molecule has 1 heterocycles. The van der Waals surface area contributed by atoms with Gasteiger partial charge in [-0.15, -0.1) is 6.58 Å². The number of allylic oxidation sites excluding steroid dienone is 1. The molecule has 1 aromatic rings.